The van der Waals surface area contributed by atoms with Gasteiger partial charge in [0.1, 0.15) is 5.75 Å². The van der Waals surface area contributed by atoms with Crippen LogP contribution >= 0.6 is 0 Å². The Bertz CT molecular complexity index is 565. The molecule has 0 saturated carbocycles. The van der Waals surface area contributed by atoms with Gasteiger partial charge >= 0.3 is 0 Å². The number of carbonyl (C=O) groups excluding carboxylic acids is 1. The van der Waals surface area contributed by atoms with Crippen molar-refractivity contribution in [3.8, 4) is 5.75 Å². The van der Waals surface area contributed by atoms with Gasteiger partial charge in [-0.15, -0.1) is 0 Å². The number of benzene rings is 1. The molecule has 0 radical (unpaired) electrons. The van der Waals surface area contributed by atoms with Gasteiger partial charge in [-0.25, -0.2) is 4.98 Å². The minimum Gasteiger partial charge on any atom is -0.493 e. The number of primary amides is 1. The van der Waals surface area contributed by atoms with Gasteiger partial charge in [0.15, 0.2) is 0 Å². The molecule has 2 rings (SSSR count). The molecule has 0 spiro atoms. The van der Waals surface area contributed by atoms with Crippen LogP contribution in [-0.4, -0.2) is 22.1 Å². The summed E-state index contributed by atoms with van der Waals surface area (Å²) in [7, 11) is 0. The highest BCUT2D eigenvalue weighted by Crippen LogP contribution is 2.21. The molecule has 0 aliphatic rings. The summed E-state index contributed by atoms with van der Waals surface area (Å²) >= 11 is 0. The lowest BCUT2D eigenvalue weighted by Crippen LogP contribution is -2.12. The predicted molar refractivity (Wildman–Crippen MR) is 76.4 cm³/mol. The maximum atomic E-state index is 10.7. The third-order valence-corrected chi connectivity index (χ3v) is 2.95. The molecule has 1 heterocycles. The number of hydrogen-bond acceptors (Lipinski definition) is 3. The molecule has 0 aliphatic heterocycles. The van der Waals surface area contributed by atoms with Gasteiger partial charge in [-0.1, -0.05) is 17.7 Å². The summed E-state index contributed by atoms with van der Waals surface area (Å²) < 4.78 is 7.74. The average Bonchev–Trinajstić information content (AvgIpc) is 2.89. The van der Waals surface area contributed by atoms with Gasteiger partial charge in [-0.2, -0.15) is 0 Å². The SMILES string of the molecule is Cc1ccc(OCCCC(N)=O)c(Cn2ccnc2)c1. The number of carbonyl (C=O) groups is 1. The fourth-order valence-corrected chi connectivity index (χ4v) is 1.98. The van der Waals surface area contributed by atoms with Gasteiger partial charge < -0.3 is 15.0 Å². The molecule has 20 heavy (non-hydrogen) atoms. The minimum absolute atomic E-state index is 0.295. The van der Waals surface area contributed by atoms with Crippen LogP contribution in [0.4, 0.5) is 0 Å². The van der Waals surface area contributed by atoms with Crippen molar-refractivity contribution in [2.45, 2.75) is 26.3 Å². The van der Waals surface area contributed by atoms with Gasteiger partial charge in [0, 0.05) is 24.4 Å². The largest absolute Gasteiger partial charge is 0.493 e. The standard InChI is InChI=1S/C15H19N3O2/c1-12-4-5-14(20-8-2-3-15(16)19)13(9-12)10-18-7-6-17-11-18/h4-7,9,11H,2-3,8,10H2,1H3,(H2,16,19). The van der Waals surface area contributed by atoms with Crippen molar-refractivity contribution < 1.29 is 9.53 Å². The van der Waals surface area contributed by atoms with E-state index in [-0.39, 0.29) is 5.91 Å². The van der Waals surface area contributed by atoms with Crippen LogP contribution in [-0.2, 0) is 11.3 Å². The lowest BCUT2D eigenvalue weighted by Gasteiger charge is -2.12. The third-order valence-electron chi connectivity index (χ3n) is 2.95. The molecule has 1 aromatic carbocycles. The molecule has 0 bridgehead atoms. The number of aryl methyl sites for hydroxylation is 1. The van der Waals surface area contributed by atoms with E-state index in [0.29, 0.717) is 26.0 Å². The fraction of sp³-hybridized carbons (Fsp3) is 0.333. The first kappa shape index (κ1) is 14.1. The van der Waals surface area contributed by atoms with Crippen LogP contribution in [0.5, 0.6) is 5.75 Å². The molecule has 2 aromatic rings. The summed E-state index contributed by atoms with van der Waals surface area (Å²) in [5.41, 5.74) is 7.39. The van der Waals surface area contributed by atoms with E-state index in [4.69, 9.17) is 10.5 Å². The Labute approximate surface area is 118 Å². The van der Waals surface area contributed by atoms with E-state index in [1.54, 1.807) is 12.5 Å². The first-order chi connectivity index (χ1) is 9.65. The molecule has 0 aliphatic carbocycles. The topological polar surface area (TPSA) is 70.1 Å². The first-order valence-corrected chi connectivity index (χ1v) is 6.61. The Kier molecular flexibility index (Phi) is 4.76. The minimum atomic E-state index is -0.295. The van der Waals surface area contributed by atoms with Gasteiger partial charge in [0.2, 0.25) is 5.91 Å². The number of rotatable bonds is 7. The summed E-state index contributed by atoms with van der Waals surface area (Å²) in [5, 5.41) is 0. The third kappa shape index (κ3) is 4.12. The van der Waals surface area contributed by atoms with E-state index in [9.17, 15) is 4.79 Å². The molecule has 1 amide bonds. The van der Waals surface area contributed by atoms with Crippen LogP contribution in [0, 0.1) is 6.92 Å². The summed E-state index contributed by atoms with van der Waals surface area (Å²) in [4.78, 5) is 14.7. The summed E-state index contributed by atoms with van der Waals surface area (Å²) in [6.07, 6.45) is 6.43. The van der Waals surface area contributed by atoms with E-state index in [1.165, 1.54) is 5.56 Å². The second kappa shape index (κ2) is 6.75. The van der Waals surface area contributed by atoms with Crippen molar-refractivity contribution >= 4 is 5.91 Å². The molecule has 5 heteroatoms. The van der Waals surface area contributed by atoms with Crippen LogP contribution in [0.3, 0.4) is 0 Å². The first-order valence-electron chi connectivity index (χ1n) is 6.61. The normalized spacial score (nSPS) is 10.4. The van der Waals surface area contributed by atoms with E-state index in [0.717, 1.165) is 11.3 Å². The number of nitrogens with two attached hydrogens (primary N) is 1. The van der Waals surface area contributed by atoms with Crippen LogP contribution in [0.2, 0.25) is 0 Å². The maximum Gasteiger partial charge on any atom is 0.217 e. The quantitative estimate of drug-likeness (QED) is 0.783. The number of hydrogen-bond donors (Lipinski definition) is 1. The number of aromatic nitrogens is 2. The molecule has 106 valence electrons. The zero-order valence-corrected chi connectivity index (χ0v) is 11.6. The number of imidazole rings is 1. The van der Waals surface area contributed by atoms with Crippen LogP contribution in [0.15, 0.2) is 36.9 Å². The van der Waals surface area contributed by atoms with Crippen LogP contribution in [0.1, 0.15) is 24.0 Å². The zero-order chi connectivity index (χ0) is 14.4. The molecule has 0 atom stereocenters. The Balaban J connectivity index is 2.02. The molecular formula is C15H19N3O2. The summed E-state index contributed by atoms with van der Waals surface area (Å²) in [6.45, 7) is 3.25. The van der Waals surface area contributed by atoms with Crippen LogP contribution in [0.25, 0.3) is 0 Å². The van der Waals surface area contributed by atoms with E-state index >= 15 is 0 Å². The van der Waals surface area contributed by atoms with Crippen molar-refractivity contribution in [1.29, 1.82) is 0 Å². The molecule has 0 saturated heterocycles. The number of amides is 1. The molecule has 1 aromatic heterocycles. The lowest BCUT2D eigenvalue weighted by atomic mass is 10.1. The number of nitrogens with zero attached hydrogens (tertiary/aromatic N) is 2. The van der Waals surface area contributed by atoms with Crippen LogP contribution < -0.4 is 10.5 Å². The Morgan fingerprint density at radius 2 is 2.30 bits per heavy atom. The molecule has 2 N–H and O–H groups in total. The molecule has 0 fully saturated rings. The Morgan fingerprint density at radius 3 is 3.00 bits per heavy atom. The fourth-order valence-electron chi connectivity index (χ4n) is 1.98. The molecular weight excluding hydrogens is 254 g/mol. The van der Waals surface area contributed by atoms with Crippen molar-refractivity contribution in [1.82, 2.24) is 9.55 Å². The van der Waals surface area contributed by atoms with Crippen molar-refractivity contribution in [2.24, 2.45) is 5.73 Å². The van der Waals surface area contributed by atoms with Gasteiger partial charge in [0.05, 0.1) is 19.5 Å². The maximum absolute atomic E-state index is 10.7. The van der Waals surface area contributed by atoms with E-state index < -0.39 is 0 Å². The smallest absolute Gasteiger partial charge is 0.217 e. The molecule has 5 nitrogen and oxygen atoms in total. The highest BCUT2D eigenvalue weighted by atomic mass is 16.5. The Hall–Kier alpha value is -2.30. The summed E-state index contributed by atoms with van der Waals surface area (Å²) in [5.74, 6) is 0.546. The highest BCUT2D eigenvalue weighted by molar-refractivity contribution is 5.73. The summed E-state index contributed by atoms with van der Waals surface area (Å²) in [6, 6.07) is 6.08. The van der Waals surface area contributed by atoms with Crippen molar-refractivity contribution in [3.63, 3.8) is 0 Å². The van der Waals surface area contributed by atoms with E-state index in [2.05, 4.69) is 11.1 Å². The predicted octanol–water partition coefficient (Wildman–Crippen LogP) is 1.88. The zero-order valence-electron chi connectivity index (χ0n) is 11.6. The molecule has 0 unspecified atom stereocenters. The van der Waals surface area contributed by atoms with Crippen molar-refractivity contribution in [2.75, 3.05) is 6.61 Å². The monoisotopic (exact) mass is 273 g/mol. The number of ether oxygens (including phenoxy) is 1. The van der Waals surface area contributed by atoms with Gasteiger partial charge in [0.25, 0.3) is 0 Å². The van der Waals surface area contributed by atoms with Gasteiger partial charge in [-0.3, -0.25) is 4.79 Å². The average molecular weight is 273 g/mol. The second-order valence-electron chi connectivity index (χ2n) is 4.76. The van der Waals surface area contributed by atoms with E-state index in [1.807, 2.05) is 29.8 Å². The lowest BCUT2D eigenvalue weighted by molar-refractivity contribution is -0.118. The van der Waals surface area contributed by atoms with Gasteiger partial charge in [-0.05, 0) is 19.4 Å². The van der Waals surface area contributed by atoms with Crippen molar-refractivity contribution in [3.05, 3.63) is 48.0 Å². The Morgan fingerprint density at radius 1 is 1.45 bits per heavy atom. The second-order valence-corrected chi connectivity index (χ2v) is 4.76. The highest BCUT2D eigenvalue weighted by Gasteiger charge is 2.05.